The fourth-order valence-corrected chi connectivity index (χ4v) is 5.07. The molecule has 0 atom stereocenters. The summed E-state index contributed by atoms with van der Waals surface area (Å²) in [4.78, 5) is 0. The fraction of sp³-hybridized carbons (Fsp3) is 0.586. The van der Waals surface area contributed by atoms with Crippen molar-refractivity contribution >= 4 is 0 Å². The van der Waals surface area contributed by atoms with Gasteiger partial charge in [0.2, 0.25) is 0 Å². The second kappa shape index (κ2) is 12.2. The summed E-state index contributed by atoms with van der Waals surface area (Å²) in [5.74, 6) is 5.38. The van der Waals surface area contributed by atoms with Crippen molar-refractivity contribution in [2.24, 2.45) is 11.8 Å². The Morgan fingerprint density at radius 1 is 0.613 bits per heavy atom. The van der Waals surface area contributed by atoms with Crippen LogP contribution in [-0.4, -0.2) is 13.7 Å². The fourth-order valence-electron chi connectivity index (χ4n) is 5.07. The monoisotopic (exact) mass is 422 g/mol. The third kappa shape index (κ3) is 7.30. The molecule has 2 aromatic rings. The van der Waals surface area contributed by atoms with E-state index in [1.54, 1.807) is 7.11 Å². The van der Waals surface area contributed by atoms with Crippen molar-refractivity contribution in [3.05, 3.63) is 59.7 Å². The van der Waals surface area contributed by atoms with Gasteiger partial charge in [0.25, 0.3) is 0 Å². The van der Waals surface area contributed by atoms with Gasteiger partial charge in [-0.3, -0.25) is 0 Å². The number of methoxy groups -OCH3 is 1. The van der Waals surface area contributed by atoms with Crippen LogP contribution in [0.25, 0.3) is 0 Å². The Hall–Kier alpha value is -1.96. The Balaban J connectivity index is 0.000000176. The minimum absolute atomic E-state index is 0.750. The van der Waals surface area contributed by atoms with Crippen LogP contribution >= 0.6 is 0 Å². The number of ether oxygens (including phenoxy) is 2. The largest absolute Gasteiger partial charge is 0.497 e. The van der Waals surface area contributed by atoms with Crippen molar-refractivity contribution in [1.82, 2.24) is 0 Å². The average molecular weight is 423 g/mol. The lowest BCUT2D eigenvalue weighted by molar-refractivity contribution is 0.337. The Morgan fingerprint density at radius 2 is 1.00 bits per heavy atom. The Morgan fingerprint density at radius 3 is 1.35 bits per heavy atom. The van der Waals surface area contributed by atoms with Gasteiger partial charge in [-0.05, 0) is 91.7 Å². The standard InChI is InChI=1S/C15H22O.C14H20O/c1-3-16-15-10-8-14(9-11-15)13-6-4-12(2)5-7-13;1-11-3-5-12(6-4-11)13-7-9-14(15-2)10-8-13/h8-13H,3-7H2,1-2H3;7-12H,3-6H2,1-2H3. The molecule has 2 saturated carbocycles. The van der Waals surface area contributed by atoms with Crippen LogP contribution in [0.5, 0.6) is 11.5 Å². The summed E-state index contributed by atoms with van der Waals surface area (Å²) in [5, 5.41) is 0. The lowest BCUT2D eigenvalue weighted by Crippen LogP contribution is -2.10. The van der Waals surface area contributed by atoms with Gasteiger partial charge in [-0.25, -0.2) is 0 Å². The number of benzene rings is 2. The zero-order valence-electron chi connectivity index (χ0n) is 20.1. The van der Waals surface area contributed by atoms with E-state index in [1.807, 2.05) is 6.92 Å². The SMILES string of the molecule is CCOc1ccc(C2CCC(C)CC2)cc1.COc1ccc(C2CCC(C)CC2)cc1. The molecule has 0 bridgehead atoms. The van der Waals surface area contributed by atoms with Gasteiger partial charge >= 0.3 is 0 Å². The highest BCUT2D eigenvalue weighted by molar-refractivity contribution is 5.30. The second-order valence-corrected chi connectivity index (χ2v) is 9.69. The molecule has 2 aromatic carbocycles. The topological polar surface area (TPSA) is 18.5 Å². The molecule has 2 aliphatic rings. The Kier molecular flexibility index (Phi) is 9.31. The van der Waals surface area contributed by atoms with Crippen molar-refractivity contribution in [1.29, 1.82) is 0 Å². The maximum absolute atomic E-state index is 5.47. The number of hydrogen-bond donors (Lipinski definition) is 0. The van der Waals surface area contributed by atoms with Crippen molar-refractivity contribution in [3.63, 3.8) is 0 Å². The molecule has 2 nitrogen and oxygen atoms in total. The lowest BCUT2D eigenvalue weighted by atomic mass is 9.79. The first-order valence-electron chi connectivity index (χ1n) is 12.5. The highest BCUT2D eigenvalue weighted by atomic mass is 16.5. The number of rotatable bonds is 5. The molecule has 0 aromatic heterocycles. The predicted molar refractivity (Wildman–Crippen MR) is 131 cm³/mol. The first-order chi connectivity index (χ1) is 15.1. The molecule has 31 heavy (non-hydrogen) atoms. The summed E-state index contributed by atoms with van der Waals surface area (Å²) in [6.07, 6.45) is 11.0. The molecule has 2 fully saturated rings. The molecule has 2 aliphatic carbocycles. The van der Waals surface area contributed by atoms with Crippen LogP contribution in [0, 0.1) is 11.8 Å². The molecule has 0 amide bonds. The van der Waals surface area contributed by atoms with Crippen LogP contribution in [-0.2, 0) is 0 Å². The summed E-state index contributed by atoms with van der Waals surface area (Å²) < 4.78 is 10.6. The van der Waals surface area contributed by atoms with Gasteiger partial charge in [-0.15, -0.1) is 0 Å². The van der Waals surface area contributed by atoms with Crippen molar-refractivity contribution < 1.29 is 9.47 Å². The molecular weight excluding hydrogens is 380 g/mol. The van der Waals surface area contributed by atoms with Crippen molar-refractivity contribution in [2.45, 2.75) is 84.0 Å². The minimum Gasteiger partial charge on any atom is -0.497 e. The van der Waals surface area contributed by atoms with Crippen LogP contribution in [0.1, 0.15) is 95.1 Å². The normalized spacial score (nSPS) is 25.8. The van der Waals surface area contributed by atoms with Crippen LogP contribution in [0.4, 0.5) is 0 Å². The van der Waals surface area contributed by atoms with Crippen molar-refractivity contribution in [2.75, 3.05) is 13.7 Å². The van der Waals surface area contributed by atoms with E-state index in [1.165, 1.54) is 62.5 Å². The summed E-state index contributed by atoms with van der Waals surface area (Å²) in [5.41, 5.74) is 2.98. The van der Waals surface area contributed by atoms with Crippen LogP contribution in [0.3, 0.4) is 0 Å². The molecule has 4 rings (SSSR count). The molecule has 170 valence electrons. The van der Waals surface area contributed by atoms with Gasteiger partial charge in [-0.1, -0.05) is 63.8 Å². The summed E-state index contributed by atoms with van der Waals surface area (Å²) in [6.45, 7) is 7.51. The summed E-state index contributed by atoms with van der Waals surface area (Å²) >= 11 is 0. The quantitative estimate of drug-likeness (QED) is 0.482. The van der Waals surface area contributed by atoms with Crippen molar-refractivity contribution in [3.8, 4) is 11.5 Å². The van der Waals surface area contributed by atoms with Gasteiger partial charge in [0, 0.05) is 0 Å². The van der Waals surface area contributed by atoms with E-state index in [0.717, 1.165) is 41.8 Å². The van der Waals surface area contributed by atoms with E-state index in [-0.39, 0.29) is 0 Å². The van der Waals surface area contributed by atoms with E-state index >= 15 is 0 Å². The maximum Gasteiger partial charge on any atom is 0.119 e. The first-order valence-corrected chi connectivity index (χ1v) is 12.5. The highest BCUT2D eigenvalue weighted by Crippen LogP contribution is 2.36. The zero-order chi connectivity index (χ0) is 22.1. The van der Waals surface area contributed by atoms with Crippen LogP contribution < -0.4 is 9.47 Å². The average Bonchev–Trinajstić information content (AvgIpc) is 2.81. The number of hydrogen-bond acceptors (Lipinski definition) is 2. The molecule has 0 aliphatic heterocycles. The molecule has 0 heterocycles. The highest BCUT2D eigenvalue weighted by Gasteiger charge is 2.20. The third-order valence-electron chi connectivity index (χ3n) is 7.28. The van der Waals surface area contributed by atoms with E-state index < -0.39 is 0 Å². The molecule has 0 N–H and O–H groups in total. The zero-order valence-corrected chi connectivity index (χ0v) is 20.1. The van der Waals surface area contributed by atoms with E-state index in [4.69, 9.17) is 9.47 Å². The van der Waals surface area contributed by atoms with Gasteiger partial charge in [0.1, 0.15) is 11.5 Å². The van der Waals surface area contributed by atoms with Gasteiger partial charge < -0.3 is 9.47 Å². The second-order valence-electron chi connectivity index (χ2n) is 9.69. The van der Waals surface area contributed by atoms with Crippen LogP contribution in [0.2, 0.25) is 0 Å². The molecule has 0 spiro atoms. The predicted octanol–water partition coefficient (Wildman–Crippen LogP) is 8.37. The van der Waals surface area contributed by atoms with Gasteiger partial charge in [0.15, 0.2) is 0 Å². The summed E-state index contributed by atoms with van der Waals surface area (Å²) in [6, 6.07) is 17.3. The molecular formula is C29H42O2. The van der Waals surface area contributed by atoms with Gasteiger partial charge in [0.05, 0.1) is 13.7 Å². The van der Waals surface area contributed by atoms with E-state index in [0.29, 0.717) is 0 Å². The Labute approximate surface area is 190 Å². The molecule has 0 unspecified atom stereocenters. The van der Waals surface area contributed by atoms with E-state index in [9.17, 15) is 0 Å². The lowest BCUT2D eigenvalue weighted by Gasteiger charge is -2.26. The van der Waals surface area contributed by atoms with Crippen LogP contribution in [0.15, 0.2) is 48.5 Å². The molecule has 0 radical (unpaired) electrons. The molecule has 2 heteroatoms. The minimum atomic E-state index is 0.750. The summed E-state index contributed by atoms with van der Waals surface area (Å²) in [7, 11) is 1.72. The van der Waals surface area contributed by atoms with Gasteiger partial charge in [-0.2, -0.15) is 0 Å². The smallest absolute Gasteiger partial charge is 0.119 e. The molecule has 0 saturated heterocycles. The van der Waals surface area contributed by atoms with E-state index in [2.05, 4.69) is 62.4 Å². The third-order valence-corrected chi connectivity index (χ3v) is 7.28. The first kappa shape index (κ1) is 23.7. The Bertz CT molecular complexity index is 733. The maximum atomic E-state index is 5.47.